The first-order valence-electron chi connectivity index (χ1n) is 6.43. The van der Waals surface area contributed by atoms with Gasteiger partial charge in [0, 0.05) is 24.8 Å². The number of hydrogen-bond acceptors (Lipinski definition) is 4. The third-order valence-corrected chi connectivity index (χ3v) is 2.64. The van der Waals surface area contributed by atoms with Gasteiger partial charge in [-0.1, -0.05) is 18.2 Å². The lowest BCUT2D eigenvalue weighted by Crippen LogP contribution is -2.27. The predicted molar refractivity (Wildman–Crippen MR) is 75.3 cm³/mol. The van der Waals surface area contributed by atoms with Crippen LogP contribution in [-0.2, 0) is 16.1 Å². The Labute approximate surface area is 117 Å². The third-order valence-electron chi connectivity index (χ3n) is 2.64. The molecule has 0 aliphatic rings. The van der Waals surface area contributed by atoms with Gasteiger partial charge in [-0.05, 0) is 12.1 Å². The molecule has 0 atom stereocenters. The average Bonchev–Trinajstić information content (AvgIpc) is 2.95. The number of amides is 1. The maximum absolute atomic E-state index is 11.5. The molecular weight excluding hydrogens is 256 g/mol. The second kappa shape index (κ2) is 7.42. The summed E-state index contributed by atoms with van der Waals surface area (Å²) in [5.74, 6) is -0.161. The van der Waals surface area contributed by atoms with Crippen molar-refractivity contribution in [2.45, 2.75) is 6.54 Å². The van der Waals surface area contributed by atoms with E-state index in [0.29, 0.717) is 19.7 Å². The Morgan fingerprint density at radius 1 is 1.35 bits per heavy atom. The summed E-state index contributed by atoms with van der Waals surface area (Å²) < 4.78 is 6.82. The number of hydrogen-bond donors (Lipinski definition) is 2. The number of nitrogens with zero attached hydrogens (tertiary/aromatic N) is 2. The summed E-state index contributed by atoms with van der Waals surface area (Å²) in [5, 5.41) is 7.02. The van der Waals surface area contributed by atoms with Gasteiger partial charge < -0.3 is 15.8 Å². The van der Waals surface area contributed by atoms with Crippen molar-refractivity contribution < 1.29 is 9.53 Å². The van der Waals surface area contributed by atoms with Gasteiger partial charge in [-0.2, -0.15) is 5.10 Å². The van der Waals surface area contributed by atoms with Crippen molar-refractivity contribution in [2.24, 2.45) is 5.73 Å². The average molecular weight is 274 g/mol. The molecule has 0 saturated carbocycles. The number of benzene rings is 1. The largest absolute Gasteiger partial charge is 0.370 e. The van der Waals surface area contributed by atoms with Gasteiger partial charge in [0.15, 0.2) is 0 Å². The smallest absolute Gasteiger partial charge is 0.246 e. The molecule has 6 nitrogen and oxygen atoms in total. The van der Waals surface area contributed by atoms with Crippen LogP contribution in [0.1, 0.15) is 5.56 Å². The van der Waals surface area contributed by atoms with E-state index in [4.69, 9.17) is 10.5 Å². The van der Waals surface area contributed by atoms with Crippen LogP contribution in [0.3, 0.4) is 0 Å². The zero-order valence-electron chi connectivity index (χ0n) is 11.2. The van der Waals surface area contributed by atoms with E-state index in [2.05, 4.69) is 10.4 Å². The fourth-order valence-electron chi connectivity index (χ4n) is 1.67. The minimum absolute atomic E-state index is 0.0318. The van der Waals surface area contributed by atoms with E-state index in [1.807, 2.05) is 36.5 Å². The highest BCUT2D eigenvalue weighted by Crippen LogP contribution is 2.07. The van der Waals surface area contributed by atoms with Gasteiger partial charge in [0.05, 0.1) is 18.5 Å². The Morgan fingerprint density at radius 2 is 2.15 bits per heavy atom. The number of carbonyl (C=O) groups is 1. The van der Waals surface area contributed by atoms with E-state index in [0.717, 1.165) is 11.3 Å². The van der Waals surface area contributed by atoms with Gasteiger partial charge in [-0.25, -0.2) is 4.68 Å². The Morgan fingerprint density at radius 3 is 2.90 bits per heavy atom. The van der Waals surface area contributed by atoms with Gasteiger partial charge in [0.25, 0.3) is 0 Å². The molecule has 2 rings (SSSR count). The van der Waals surface area contributed by atoms with Crippen molar-refractivity contribution in [3.05, 3.63) is 48.3 Å². The van der Waals surface area contributed by atoms with E-state index < -0.39 is 0 Å². The second-order valence-electron chi connectivity index (χ2n) is 4.25. The third kappa shape index (κ3) is 4.18. The Balaban J connectivity index is 1.83. The van der Waals surface area contributed by atoms with Gasteiger partial charge in [0.1, 0.15) is 6.61 Å². The van der Waals surface area contributed by atoms with Crippen LogP contribution in [0.4, 0.5) is 0 Å². The first kappa shape index (κ1) is 14.2. The minimum Gasteiger partial charge on any atom is -0.370 e. The Bertz CT molecular complexity index is 539. The molecule has 1 amide bonds. The monoisotopic (exact) mass is 274 g/mol. The highest BCUT2D eigenvalue weighted by Gasteiger charge is 2.04. The lowest BCUT2D eigenvalue weighted by Gasteiger charge is -2.04. The fourth-order valence-corrected chi connectivity index (χ4v) is 1.67. The van der Waals surface area contributed by atoms with Crippen LogP contribution in [-0.4, -0.2) is 35.4 Å². The van der Waals surface area contributed by atoms with Crippen LogP contribution in [0.15, 0.2) is 42.7 Å². The zero-order chi connectivity index (χ0) is 14.2. The summed E-state index contributed by atoms with van der Waals surface area (Å²) in [6, 6.07) is 9.79. The topological polar surface area (TPSA) is 82.2 Å². The minimum atomic E-state index is -0.161. The molecule has 1 aromatic carbocycles. The summed E-state index contributed by atoms with van der Waals surface area (Å²) in [6.45, 7) is 1.26. The van der Waals surface area contributed by atoms with Crippen LogP contribution in [0.2, 0.25) is 0 Å². The lowest BCUT2D eigenvalue weighted by atomic mass is 10.3. The van der Waals surface area contributed by atoms with E-state index in [1.165, 1.54) is 0 Å². The Kier molecular flexibility index (Phi) is 5.28. The molecule has 0 saturated heterocycles. The maximum Gasteiger partial charge on any atom is 0.246 e. The number of aromatic nitrogens is 2. The first-order chi connectivity index (χ1) is 9.79. The molecule has 0 unspecified atom stereocenters. The van der Waals surface area contributed by atoms with Crippen LogP contribution < -0.4 is 11.1 Å². The van der Waals surface area contributed by atoms with E-state index in [1.54, 1.807) is 10.9 Å². The molecule has 0 spiro atoms. The van der Waals surface area contributed by atoms with Crippen LogP contribution in [0, 0.1) is 0 Å². The van der Waals surface area contributed by atoms with Crippen molar-refractivity contribution in [1.82, 2.24) is 15.1 Å². The normalized spacial score (nSPS) is 10.4. The van der Waals surface area contributed by atoms with Crippen LogP contribution in [0.5, 0.6) is 0 Å². The van der Waals surface area contributed by atoms with Crippen molar-refractivity contribution in [3.63, 3.8) is 0 Å². The lowest BCUT2D eigenvalue weighted by molar-refractivity contribution is -0.125. The van der Waals surface area contributed by atoms with Gasteiger partial charge >= 0.3 is 0 Å². The van der Waals surface area contributed by atoms with Gasteiger partial charge in [0.2, 0.25) is 5.91 Å². The SMILES string of the molecule is NCCOCC(=O)NCc1cnn(-c2ccccc2)c1. The second-order valence-corrected chi connectivity index (χ2v) is 4.25. The molecule has 0 fully saturated rings. The summed E-state index contributed by atoms with van der Waals surface area (Å²) in [6.07, 6.45) is 3.62. The van der Waals surface area contributed by atoms with Crippen molar-refractivity contribution in [3.8, 4) is 5.69 Å². The van der Waals surface area contributed by atoms with Crippen LogP contribution in [0.25, 0.3) is 5.69 Å². The molecule has 20 heavy (non-hydrogen) atoms. The van der Waals surface area contributed by atoms with Crippen molar-refractivity contribution in [1.29, 1.82) is 0 Å². The molecular formula is C14H18N4O2. The number of ether oxygens (including phenoxy) is 1. The summed E-state index contributed by atoms with van der Waals surface area (Å²) in [7, 11) is 0. The van der Waals surface area contributed by atoms with Gasteiger partial charge in [-0.15, -0.1) is 0 Å². The van der Waals surface area contributed by atoms with Crippen LogP contribution >= 0.6 is 0 Å². The Hall–Kier alpha value is -2.18. The fraction of sp³-hybridized carbons (Fsp3) is 0.286. The highest BCUT2D eigenvalue weighted by molar-refractivity contribution is 5.77. The van der Waals surface area contributed by atoms with Crippen molar-refractivity contribution >= 4 is 5.91 Å². The number of rotatable bonds is 7. The molecule has 6 heteroatoms. The maximum atomic E-state index is 11.5. The summed E-state index contributed by atoms with van der Waals surface area (Å²) >= 11 is 0. The first-order valence-corrected chi connectivity index (χ1v) is 6.43. The van der Waals surface area contributed by atoms with Crippen molar-refractivity contribution in [2.75, 3.05) is 19.8 Å². The molecule has 3 N–H and O–H groups in total. The molecule has 106 valence electrons. The molecule has 0 aliphatic carbocycles. The molecule has 1 heterocycles. The molecule has 0 radical (unpaired) electrons. The van der Waals surface area contributed by atoms with E-state index in [9.17, 15) is 4.79 Å². The number of nitrogens with two attached hydrogens (primary N) is 1. The van der Waals surface area contributed by atoms with E-state index in [-0.39, 0.29) is 12.5 Å². The molecule has 0 aliphatic heterocycles. The van der Waals surface area contributed by atoms with Gasteiger partial charge in [-0.3, -0.25) is 4.79 Å². The molecule has 0 bridgehead atoms. The zero-order valence-corrected chi connectivity index (χ0v) is 11.2. The quantitative estimate of drug-likeness (QED) is 0.719. The molecule has 1 aromatic heterocycles. The number of nitrogens with one attached hydrogen (secondary N) is 1. The highest BCUT2D eigenvalue weighted by atomic mass is 16.5. The number of para-hydroxylation sites is 1. The predicted octanol–water partition coefficient (Wildman–Crippen LogP) is 0.464. The summed E-state index contributed by atoms with van der Waals surface area (Å²) in [5.41, 5.74) is 7.18. The van der Waals surface area contributed by atoms with E-state index >= 15 is 0 Å². The standard InChI is InChI=1S/C14H18N4O2/c15-6-7-20-11-14(19)16-8-12-9-17-18(10-12)13-4-2-1-3-5-13/h1-5,9-10H,6-8,11,15H2,(H,16,19). The summed E-state index contributed by atoms with van der Waals surface area (Å²) in [4.78, 5) is 11.5. The number of carbonyl (C=O) groups excluding carboxylic acids is 1. The molecule has 2 aromatic rings.